The van der Waals surface area contributed by atoms with Gasteiger partial charge in [0.05, 0.1) is 0 Å². The van der Waals surface area contributed by atoms with Gasteiger partial charge in [-0.2, -0.15) is 0 Å². The van der Waals surface area contributed by atoms with Crippen molar-refractivity contribution < 1.29 is 9.90 Å². The molecule has 1 atom stereocenters. The molecule has 0 spiro atoms. The second kappa shape index (κ2) is 4.88. The lowest BCUT2D eigenvalue weighted by Crippen LogP contribution is -2.32. The average molecular weight is 235 g/mol. The first kappa shape index (κ1) is 13.7. The van der Waals surface area contributed by atoms with Crippen LogP contribution in [0.25, 0.3) is 0 Å². The highest BCUT2D eigenvalue weighted by atomic mass is 16.4. The molecule has 0 heterocycles. The number of hydrogen-bond acceptors (Lipinski definition) is 2. The first-order valence-corrected chi connectivity index (χ1v) is 5.79. The van der Waals surface area contributed by atoms with E-state index in [2.05, 4.69) is 32.9 Å². The number of rotatable bonds is 3. The van der Waals surface area contributed by atoms with Crippen LogP contribution in [0.4, 0.5) is 0 Å². The van der Waals surface area contributed by atoms with E-state index >= 15 is 0 Å². The number of nitrogens with two attached hydrogens (primary N) is 1. The number of aryl methyl sites for hydroxylation is 1. The molecule has 0 bridgehead atoms. The molecular formula is C14H21NO2. The van der Waals surface area contributed by atoms with Crippen molar-refractivity contribution >= 4 is 5.97 Å². The number of carbonyl (C=O) groups is 1. The zero-order chi connectivity index (χ0) is 13.2. The van der Waals surface area contributed by atoms with E-state index in [1.807, 2.05) is 13.0 Å². The molecule has 0 aliphatic heterocycles. The van der Waals surface area contributed by atoms with E-state index in [9.17, 15) is 4.79 Å². The van der Waals surface area contributed by atoms with Gasteiger partial charge < -0.3 is 10.8 Å². The second-order valence-corrected chi connectivity index (χ2v) is 5.61. The van der Waals surface area contributed by atoms with Gasteiger partial charge in [-0.1, -0.05) is 44.5 Å². The Balaban J connectivity index is 3.02. The van der Waals surface area contributed by atoms with Crippen LogP contribution < -0.4 is 5.73 Å². The van der Waals surface area contributed by atoms with Crippen LogP contribution in [0.2, 0.25) is 0 Å². The average Bonchev–Trinajstić information content (AvgIpc) is 2.15. The minimum Gasteiger partial charge on any atom is -0.480 e. The third-order valence-electron chi connectivity index (χ3n) is 2.78. The van der Waals surface area contributed by atoms with Crippen LogP contribution >= 0.6 is 0 Å². The molecule has 0 radical (unpaired) electrons. The van der Waals surface area contributed by atoms with Crippen LogP contribution in [0, 0.1) is 6.92 Å². The third-order valence-corrected chi connectivity index (χ3v) is 2.78. The SMILES string of the molecule is Cc1cc(CC(N)C(=O)O)cc(C(C)(C)C)c1. The molecule has 1 unspecified atom stereocenters. The molecule has 0 saturated heterocycles. The Labute approximate surface area is 103 Å². The van der Waals surface area contributed by atoms with E-state index in [0.717, 1.165) is 11.1 Å². The van der Waals surface area contributed by atoms with Gasteiger partial charge in [-0.3, -0.25) is 4.79 Å². The van der Waals surface area contributed by atoms with Crippen molar-refractivity contribution in [1.29, 1.82) is 0 Å². The first-order valence-electron chi connectivity index (χ1n) is 5.79. The van der Waals surface area contributed by atoms with Crippen LogP contribution in [0.15, 0.2) is 18.2 Å². The Hall–Kier alpha value is -1.35. The molecule has 94 valence electrons. The molecule has 3 heteroatoms. The van der Waals surface area contributed by atoms with Crippen LogP contribution in [-0.4, -0.2) is 17.1 Å². The minimum absolute atomic E-state index is 0.0636. The lowest BCUT2D eigenvalue weighted by molar-refractivity contribution is -0.138. The Morgan fingerprint density at radius 2 is 1.94 bits per heavy atom. The summed E-state index contributed by atoms with van der Waals surface area (Å²) >= 11 is 0. The predicted octanol–water partition coefficient (Wildman–Crippen LogP) is 2.25. The summed E-state index contributed by atoms with van der Waals surface area (Å²) in [5.41, 5.74) is 8.97. The van der Waals surface area contributed by atoms with Gasteiger partial charge in [-0.25, -0.2) is 0 Å². The Morgan fingerprint density at radius 1 is 1.35 bits per heavy atom. The summed E-state index contributed by atoms with van der Waals surface area (Å²) in [4.78, 5) is 10.7. The van der Waals surface area contributed by atoms with Gasteiger partial charge in [0.2, 0.25) is 0 Å². The number of carboxylic acids is 1. The molecule has 0 amide bonds. The number of carboxylic acid groups (broad SMARTS) is 1. The van der Waals surface area contributed by atoms with Crippen molar-refractivity contribution in [1.82, 2.24) is 0 Å². The van der Waals surface area contributed by atoms with Crippen molar-refractivity contribution in [2.75, 3.05) is 0 Å². The maximum Gasteiger partial charge on any atom is 0.320 e. The third kappa shape index (κ3) is 3.86. The van der Waals surface area contributed by atoms with Gasteiger partial charge in [-0.15, -0.1) is 0 Å². The summed E-state index contributed by atoms with van der Waals surface area (Å²) in [6.07, 6.45) is 0.375. The molecule has 3 N–H and O–H groups in total. The van der Waals surface area contributed by atoms with E-state index in [1.54, 1.807) is 0 Å². The monoisotopic (exact) mass is 235 g/mol. The Bertz CT molecular complexity index is 419. The van der Waals surface area contributed by atoms with Gasteiger partial charge in [-0.05, 0) is 29.9 Å². The van der Waals surface area contributed by atoms with Crippen molar-refractivity contribution in [3.8, 4) is 0 Å². The number of hydrogen-bond donors (Lipinski definition) is 2. The lowest BCUT2D eigenvalue weighted by atomic mass is 9.84. The van der Waals surface area contributed by atoms with Gasteiger partial charge >= 0.3 is 5.97 Å². The molecule has 1 aromatic rings. The minimum atomic E-state index is -0.955. The van der Waals surface area contributed by atoms with Crippen LogP contribution in [0.3, 0.4) is 0 Å². The van der Waals surface area contributed by atoms with Crippen molar-refractivity contribution in [3.05, 3.63) is 34.9 Å². The molecular weight excluding hydrogens is 214 g/mol. The van der Waals surface area contributed by atoms with Crippen LogP contribution in [0.1, 0.15) is 37.5 Å². The van der Waals surface area contributed by atoms with E-state index in [0.29, 0.717) is 6.42 Å². The molecule has 17 heavy (non-hydrogen) atoms. The first-order chi connectivity index (χ1) is 7.70. The molecule has 3 nitrogen and oxygen atoms in total. The summed E-state index contributed by atoms with van der Waals surface area (Å²) in [6, 6.07) is 5.36. The quantitative estimate of drug-likeness (QED) is 0.844. The van der Waals surface area contributed by atoms with Gasteiger partial charge in [0.15, 0.2) is 0 Å². The highest BCUT2D eigenvalue weighted by Gasteiger charge is 2.17. The topological polar surface area (TPSA) is 63.3 Å². The van der Waals surface area contributed by atoms with Gasteiger partial charge in [0, 0.05) is 0 Å². The lowest BCUT2D eigenvalue weighted by Gasteiger charge is -2.21. The van der Waals surface area contributed by atoms with E-state index in [4.69, 9.17) is 10.8 Å². The summed E-state index contributed by atoms with van der Waals surface area (Å²) < 4.78 is 0. The fourth-order valence-electron chi connectivity index (χ4n) is 1.75. The maximum atomic E-state index is 10.7. The molecule has 1 aromatic carbocycles. The molecule has 0 fully saturated rings. The van der Waals surface area contributed by atoms with Crippen molar-refractivity contribution in [2.45, 2.75) is 45.6 Å². The normalized spacial score (nSPS) is 13.5. The fourth-order valence-corrected chi connectivity index (χ4v) is 1.75. The standard InChI is InChI=1S/C14H21NO2/c1-9-5-10(8-12(15)13(16)17)7-11(6-9)14(2,3)4/h5-7,12H,8,15H2,1-4H3,(H,16,17). The second-order valence-electron chi connectivity index (χ2n) is 5.61. The van der Waals surface area contributed by atoms with Gasteiger partial charge in [0.25, 0.3) is 0 Å². The number of aliphatic carboxylic acids is 1. The van der Waals surface area contributed by atoms with E-state index in [-0.39, 0.29) is 5.41 Å². The molecule has 0 aliphatic rings. The predicted molar refractivity (Wildman–Crippen MR) is 69.2 cm³/mol. The Kier molecular flexibility index (Phi) is 3.94. The summed E-state index contributed by atoms with van der Waals surface area (Å²) in [5, 5.41) is 8.82. The molecule has 0 aromatic heterocycles. The van der Waals surface area contributed by atoms with Crippen LogP contribution in [0.5, 0.6) is 0 Å². The summed E-state index contributed by atoms with van der Waals surface area (Å²) in [5.74, 6) is -0.955. The highest BCUT2D eigenvalue weighted by Crippen LogP contribution is 2.24. The Morgan fingerprint density at radius 3 is 2.41 bits per heavy atom. The van der Waals surface area contributed by atoms with Gasteiger partial charge in [0.1, 0.15) is 6.04 Å². The van der Waals surface area contributed by atoms with E-state index < -0.39 is 12.0 Å². The van der Waals surface area contributed by atoms with Crippen molar-refractivity contribution in [3.63, 3.8) is 0 Å². The highest BCUT2D eigenvalue weighted by molar-refractivity contribution is 5.73. The smallest absolute Gasteiger partial charge is 0.320 e. The zero-order valence-electron chi connectivity index (χ0n) is 10.9. The zero-order valence-corrected chi connectivity index (χ0v) is 10.9. The number of benzene rings is 1. The van der Waals surface area contributed by atoms with Crippen LogP contribution in [-0.2, 0) is 16.6 Å². The fraction of sp³-hybridized carbons (Fsp3) is 0.500. The molecule has 1 rings (SSSR count). The largest absolute Gasteiger partial charge is 0.480 e. The maximum absolute atomic E-state index is 10.7. The molecule has 0 aliphatic carbocycles. The molecule has 0 saturated carbocycles. The van der Waals surface area contributed by atoms with E-state index in [1.165, 1.54) is 5.56 Å². The van der Waals surface area contributed by atoms with Crippen molar-refractivity contribution in [2.24, 2.45) is 5.73 Å². The summed E-state index contributed by atoms with van der Waals surface area (Å²) in [7, 11) is 0. The summed E-state index contributed by atoms with van der Waals surface area (Å²) in [6.45, 7) is 8.44.